The highest BCUT2D eigenvalue weighted by Crippen LogP contribution is 2.23. The molecule has 0 aromatic carbocycles. The molecule has 1 atom stereocenters. The van der Waals surface area contributed by atoms with Crippen LogP contribution in [0.15, 0.2) is 32.2 Å². The van der Waals surface area contributed by atoms with Gasteiger partial charge < -0.3 is 0 Å². The second-order valence-corrected chi connectivity index (χ2v) is 4.23. The van der Waals surface area contributed by atoms with E-state index >= 15 is 0 Å². The lowest BCUT2D eigenvalue weighted by Gasteiger charge is -2.10. The molecule has 70 valence electrons. The van der Waals surface area contributed by atoms with Crippen molar-refractivity contribution in [1.29, 1.82) is 0 Å². The van der Waals surface area contributed by atoms with E-state index in [9.17, 15) is 0 Å². The maximum absolute atomic E-state index is 4.92. The average Bonchev–Trinajstić information content (AvgIpc) is 2.47. The molecule has 1 N–H and O–H groups in total. The summed E-state index contributed by atoms with van der Waals surface area (Å²) in [5.74, 6) is 0. The molecule has 0 amide bonds. The van der Waals surface area contributed by atoms with Gasteiger partial charge in [-0.1, -0.05) is 6.58 Å². The first kappa shape index (κ1) is 8.61. The molecule has 0 saturated heterocycles. The fraction of sp³-hybridized carbons (Fsp3) is 0.286. The Labute approximate surface area is 78.8 Å². The summed E-state index contributed by atoms with van der Waals surface area (Å²) < 4.78 is 4.20. The Bertz CT molecular complexity index is 358. The highest BCUT2D eigenvalue weighted by molar-refractivity contribution is 7.95. The molecule has 0 radical (unpaired) electrons. The Balaban J connectivity index is 2.36. The lowest BCUT2D eigenvalue weighted by Crippen LogP contribution is -2.27. The quantitative estimate of drug-likeness (QED) is 0.680. The summed E-state index contributed by atoms with van der Waals surface area (Å²) in [4.78, 5) is 9.15. The van der Waals surface area contributed by atoms with Gasteiger partial charge in [0.1, 0.15) is 10.1 Å². The number of nitrogens with zero attached hydrogens (tertiary/aromatic N) is 3. The third-order valence-corrected chi connectivity index (χ3v) is 3.08. The summed E-state index contributed by atoms with van der Waals surface area (Å²) in [6.45, 7) is 5.77. The normalized spacial score (nSPS) is 27.2. The monoisotopic (exact) mass is 198 g/mol. The zero-order valence-electron chi connectivity index (χ0n) is 7.44. The van der Waals surface area contributed by atoms with Gasteiger partial charge in [-0.25, -0.2) is 4.99 Å². The van der Waals surface area contributed by atoms with Crippen molar-refractivity contribution in [3.8, 4) is 0 Å². The van der Waals surface area contributed by atoms with Crippen LogP contribution in [0.25, 0.3) is 0 Å². The van der Waals surface area contributed by atoms with Crippen molar-refractivity contribution in [3.63, 3.8) is 0 Å². The number of allylic oxidation sites excluding steroid dienone is 1. The molecule has 0 bridgehead atoms. The largest absolute Gasteiger partial charge is 0.268 e. The Morgan fingerprint density at radius 1 is 1.69 bits per heavy atom. The Hall–Kier alpha value is -0.980. The number of hydrazine groups is 1. The van der Waals surface area contributed by atoms with Crippen LogP contribution >= 0.6 is 0 Å². The van der Waals surface area contributed by atoms with Crippen molar-refractivity contribution in [2.45, 2.75) is 6.92 Å². The van der Waals surface area contributed by atoms with E-state index in [2.05, 4.69) is 21.5 Å². The van der Waals surface area contributed by atoms with Gasteiger partial charge in [0.2, 0.25) is 0 Å². The summed E-state index contributed by atoms with van der Waals surface area (Å²) in [7, 11) is 1.16. The van der Waals surface area contributed by atoms with Crippen LogP contribution < -0.4 is 5.43 Å². The minimum absolute atomic E-state index is 0.387. The van der Waals surface area contributed by atoms with Gasteiger partial charge in [0.25, 0.3) is 0 Å². The van der Waals surface area contributed by atoms with Crippen LogP contribution in [0.4, 0.5) is 0 Å². The summed E-state index contributed by atoms with van der Waals surface area (Å²) in [6.07, 6.45) is 1.94. The summed E-state index contributed by atoms with van der Waals surface area (Å²) in [5, 5.41) is 3.08. The maximum Gasteiger partial charge on any atom is 0.108 e. The first-order valence-corrected chi connectivity index (χ1v) is 4.92. The van der Waals surface area contributed by atoms with Gasteiger partial charge in [0, 0.05) is 21.7 Å². The number of aliphatic imine (C=N–C) groups is 1. The molecule has 13 heavy (non-hydrogen) atoms. The van der Waals surface area contributed by atoms with E-state index in [1.807, 2.05) is 13.0 Å². The maximum atomic E-state index is 4.92. The van der Waals surface area contributed by atoms with E-state index in [-0.39, 0.29) is 10.7 Å². The van der Waals surface area contributed by atoms with E-state index in [1.165, 1.54) is 5.28 Å². The molecular weight excluding hydrogens is 188 g/mol. The van der Waals surface area contributed by atoms with Gasteiger partial charge in [-0.05, 0) is 13.0 Å². The molecule has 0 aromatic rings. The minimum atomic E-state index is -0.387. The van der Waals surface area contributed by atoms with E-state index in [0.29, 0.717) is 0 Å². The predicted molar refractivity (Wildman–Crippen MR) is 52.1 cm³/mol. The molecule has 0 spiro atoms. The van der Waals surface area contributed by atoms with Gasteiger partial charge in [-0.2, -0.15) is 0 Å². The number of nitrogens with one attached hydrogen (secondary N) is 1. The number of rotatable bonds is 1. The van der Waals surface area contributed by atoms with Gasteiger partial charge in [0.15, 0.2) is 0 Å². The lowest BCUT2D eigenvalue weighted by molar-refractivity contribution is -0.154. The van der Waals surface area contributed by atoms with Crippen LogP contribution in [0.1, 0.15) is 6.92 Å². The van der Waals surface area contributed by atoms with Crippen molar-refractivity contribution < 1.29 is 4.84 Å². The molecule has 2 rings (SSSR count). The molecule has 2 aliphatic rings. The zero-order valence-corrected chi connectivity index (χ0v) is 8.26. The first-order chi connectivity index (χ1) is 6.20. The predicted octanol–water partition coefficient (Wildman–Crippen LogP) is 0.872. The van der Waals surface area contributed by atoms with Crippen LogP contribution in [0.2, 0.25) is 0 Å². The first-order valence-electron chi connectivity index (χ1n) is 3.73. The lowest BCUT2D eigenvalue weighted by atomic mass is 10.4. The Kier molecular flexibility index (Phi) is 2.03. The molecule has 0 fully saturated rings. The van der Waals surface area contributed by atoms with Gasteiger partial charge in [-0.15, -0.1) is 4.47 Å². The van der Waals surface area contributed by atoms with E-state index in [0.717, 1.165) is 15.8 Å². The van der Waals surface area contributed by atoms with E-state index in [4.69, 9.17) is 4.84 Å². The van der Waals surface area contributed by atoms with Crippen molar-refractivity contribution >= 4 is 16.4 Å². The molecule has 2 heterocycles. The highest BCUT2D eigenvalue weighted by atomic mass is 32.2. The molecular formula is C7H10N4OS. The zero-order chi connectivity index (χ0) is 9.42. The fourth-order valence-electron chi connectivity index (χ4n) is 1.08. The van der Waals surface area contributed by atoms with Crippen LogP contribution in [0.5, 0.6) is 0 Å². The summed E-state index contributed by atoms with van der Waals surface area (Å²) in [6, 6.07) is 0. The number of hydrogen-bond acceptors (Lipinski definition) is 5. The molecule has 1 unspecified atom stereocenters. The van der Waals surface area contributed by atoms with Gasteiger partial charge in [-0.3, -0.25) is 10.3 Å². The topological polar surface area (TPSA) is 49.2 Å². The standard InChI is InChI=1S/C7H10N4OS/c1-5-4-7-9-11(12-3)10-13(7)6(2)8-5/h4,9H,2H2,1,3H3. The van der Waals surface area contributed by atoms with Crippen molar-refractivity contribution in [2.24, 2.45) is 9.46 Å². The third kappa shape index (κ3) is 1.43. The second-order valence-electron chi connectivity index (χ2n) is 2.59. The van der Waals surface area contributed by atoms with Crippen molar-refractivity contribution in [2.75, 3.05) is 7.11 Å². The molecule has 6 heteroatoms. The molecule has 0 aliphatic carbocycles. The average molecular weight is 198 g/mol. The van der Waals surface area contributed by atoms with Crippen LogP contribution in [-0.4, -0.2) is 18.1 Å². The summed E-state index contributed by atoms with van der Waals surface area (Å²) in [5.41, 5.74) is 3.91. The van der Waals surface area contributed by atoms with Crippen molar-refractivity contribution in [1.82, 2.24) is 10.7 Å². The van der Waals surface area contributed by atoms with E-state index in [1.54, 1.807) is 7.11 Å². The van der Waals surface area contributed by atoms with Crippen LogP contribution in [-0.2, 0) is 15.5 Å². The Morgan fingerprint density at radius 3 is 3.15 bits per heavy atom. The molecule has 0 aromatic heterocycles. The smallest absolute Gasteiger partial charge is 0.108 e. The molecule has 2 aliphatic heterocycles. The number of fused-ring (bicyclic) bond motifs is 1. The molecule has 5 nitrogen and oxygen atoms in total. The SMILES string of the molecule is C=C1N=C(C)C=C2NN(OC)N=S12. The number of hydrogen-bond donors (Lipinski definition) is 1. The van der Waals surface area contributed by atoms with Gasteiger partial charge in [0.05, 0.1) is 7.11 Å². The third-order valence-electron chi connectivity index (χ3n) is 1.61. The van der Waals surface area contributed by atoms with Crippen molar-refractivity contribution in [3.05, 3.63) is 22.7 Å². The summed E-state index contributed by atoms with van der Waals surface area (Å²) >= 11 is 0. The minimum Gasteiger partial charge on any atom is -0.268 e. The second kappa shape index (κ2) is 3.06. The molecule has 0 saturated carbocycles. The Morgan fingerprint density at radius 2 is 2.46 bits per heavy atom. The van der Waals surface area contributed by atoms with Gasteiger partial charge >= 0.3 is 0 Å². The van der Waals surface area contributed by atoms with Crippen LogP contribution in [0, 0.1) is 0 Å². The fourth-order valence-corrected chi connectivity index (χ4v) is 2.45. The highest BCUT2D eigenvalue weighted by Gasteiger charge is 2.23. The van der Waals surface area contributed by atoms with E-state index < -0.39 is 0 Å². The van der Waals surface area contributed by atoms with Crippen LogP contribution in [0.3, 0.4) is 0 Å².